The van der Waals surface area contributed by atoms with Crippen molar-refractivity contribution < 1.29 is 17.6 Å². The summed E-state index contributed by atoms with van der Waals surface area (Å²) < 4.78 is 31.9. The first-order chi connectivity index (χ1) is 11.4. The maximum Gasteiger partial charge on any atom is 0.289 e. The Morgan fingerprint density at radius 2 is 1.79 bits per heavy atom. The molecule has 0 radical (unpaired) electrons. The third kappa shape index (κ3) is 3.07. The Morgan fingerprint density at radius 3 is 2.38 bits per heavy atom. The standard InChI is InChI=1S/C16H17ClN2O4S/c1-12-6-11-23-15(12)16(20)18-7-9-19(10-8-18)24(21,22)14-5-3-2-4-13(14)17/h2-6,11H,7-10H2,1H3. The molecule has 6 nitrogen and oxygen atoms in total. The predicted molar refractivity (Wildman–Crippen MR) is 89.6 cm³/mol. The summed E-state index contributed by atoms with van der Waals surface area (Å²) in [6.45, 7) is 2.86. The predicted octanol–water partition coefficient (Wildman–Crippen LogP) is 2.39. The monoisotopic (exact) mass is 368 g/mol. The number of furan rings is 1. The largest absolute Gasteiger partial charge is 0.459 e. The van der Waals surface area contributed by atoms with Crippen LogP contribution in [0.3, 0.4) is 0 Å². The van der Waals surface area contributed by atoms with Crippen LogP contribution in [0.5, 0.6) is 0 Å². The molecule has 0 unspecified atom stereocenters. The number of carbonyl (C=O) groups excluding carboxylic acids is 1. The van der Waals surface area contributed by atoms with Crippen LogP contribution in [0.4, 0.5) is 0 Å². The molecule has 0 atom stereocenters. The highest BCUT2D eigenvalue weighted by Gasteiger charge is 2.32. The van der Waals surface area contributed by atoms with E-state index in [0.717, 1.165) is 5.56 Å². The molecule has 1 amide bonds. The third-order valence-electron chi connectivity index (χ3n) is 4.04. The van der Waals surface area contributed by atoms with Gasteiger partial charge in [0, 0.05) is 31.7 Å². The number of amides is 1. The minimum atomic E-state index is -3.66. The molecule has 1 aromatic heterocycles. The maximum atomic E-state index is 12.7. The number of piperazine rings is 1. The molecule has 2 heterocycles. The van der Waals surface area contributed by atoms with Crippen LogP contribution in [0.15, 0.2) is 45.9 Å². The lowest BCUT2D eigenvalue weighted by molar-refractivity contribution is 0.0665. The smallest absolute Gasteiger partial charge is 0.289 e. The number of halogens is 1. The number of aryl methyl sites for hydroxylation is 1. The molecular formula is C16H17ClN2O4S. The molecule has 8 heteroatoms. The normalized spacial score (nSPS) is 16.3. The fraction of sp³-hybridized carbons (Fsp3) is 0.312. The molecule has 1 aliphatic rings. The molecule has 1 aliphatic heterocycles. The van der Waals surface area contributed by atoms with Crippen LogP contribution in [-0.4, -0.2) is 49.7 Å². The first-order valence-electron chi connectivity index (χ1n) is 7.49. The highest BCUT2D eigenvalue weighted by Crippen LogP contribution is 2.25. The van der Waals surface area contributed by atoms with Crippen molar-refractivity contribution in [2.45, 2.75) is 11.8 Å². The Labute approximate surface area is 145 Å². The molecule has 3 rings (SSSR count). The molecular weight excluding hydrogens is 352 g/mol. The van der Waals surface area contributed by atoms with Gasteiger partial charge in [0.05, 0.1) is 11.3 Å². The van der Waals surface area contributed by atoms with Gasteiger partial charge in [-0.3, -0.25) is 4.79 Å². The van der Waals surface area contributed by atoms with Gasteiger partial charge in [0.15, 0.2) is 5.76 Å². The van der Waals surface area contributed by atoms with Gasteiger partial charge in [0.1, 0.15) is 4.90 Å². The van der Waals surface area contributed by atoms with Crippen molar-refractivity contribution in [3.8, 4) is 0 Å². The van der Waals surface area contributed by atoms with Gasteiger partial charge in [0.25, 0.3) is 5.91 Å². The van der Waals surface area contributed by atoms with Gasteiger partial charge in [-0.05, 0) is 25.1 Å². The molecule has 128 valence electrons. The van der Waals surface area contributed by atoms with E-state index in [1.54, 1.807) is 36.1 Å². The summed E-state index contributed by atoms with van der Waals surface area (Å²) in [7, 11) is -3.66. The molecule has 0 aliphatic carbocycles. The summed E-state index contributed by atoms with van der Waals surface area (Å²) in [5, 5.41) is 0.196. The average molecular weight is 369 g/mol. The highest BCUT2D eigenvalue weighted by molar-refractivity contribution is 7.89. The molecule has 0 bridgehead atoms. The number of hydrogen-bond donors (Lipinski definition) is 0. The zero-order chi connectivity index (χ0) is 17.3. The minimum absolute atomic E-state index is 0.0910. The van der Waals surface area contributed by atoms with E-state index in [9.17, 15) is 13.2 Å². The Bertz CT molecular complexity index is 854. The number of nitrogens with zero attached hydrogens (tertiary/aromatic N) is 2. The van der Waals surface area contributed by atoms with Gasteiger partial charge in [-0.15, -0.1) is 0 Å². The van der Waals surface area contributed by atoms with Gasteiger partial charge < -0.3 is 9.32 Å². The van der Waals surface area contributed by atoms with Crippen molar-refractivity contribution in [2.75, 3.05) is 26.2 Å². The van der Waals surface area contributed by atoms with Crippen LogP contribution < -0.4 is 0 Å². The van der Waals surface area contributed by atoms with Crippen molar-refractivity contribution in [3.63, 3.8) is 0 Å². The van der Waals surface area contributed by atoms with E-state index in [1.165, 1.54) is 16.6 Å². The van der Waals surface area contributed by atoms with E-state index in [0.29, 0.717) is 18.8 Å². The number of hydrogen-bond acceptors (Lipinski definition) is 4. The number of benzene rings is 1. The van der Waals surface area contributed by atoms with E-state index >= 15 is 0 Å². The Balaban J connectivity index is 1.72. The van der Waals surface area contributed by atoms with Crippen molar-refractivity contribution >= 4 is 27.5 Å². The molecule has 1 saturated heterocycles. The van der Waals surface area contributed by atoms with Crippen molar-refractivity contribution in [1.82, 2.24) is 9.21 Å². The van der Waals surface area contributed by atoms with Crippen LogP contribution in [0.1, 0.15) is 16.1 Å². The Hall–Kier alpha value is -1.83. The second kappa shape index (κ2) is 6.58. The SMILES string of the molecule is Cc1ccoc1C(=O)N1CCN(S(=O)(=O)c2ccccc2Cl)CC1. The maximum absolute atomic E-state index is 12.7. The second-order valence-electron chi connectivity index (χ2n) is 5.56. The minimum Gasteiger partial charge on any atom is -0.459 e. The molecule has 2 aromatic rings. The lowest BCUT2D eigenvalue weighted by Gasteiger charge is -2.33. The number of rotatable bonds is 3. The number of sulfonamides is 1. The fourth-order valence-corrected chi connectivity index (χ4v) is 4.58. The summed E-state index contributed by atoms with van der Waals surface area (Å²) in [6.07, 6.45) is 1.47. The van der Waals surface area contributed by atoms with E-state index < -0.39 is 10.0 Å². The summed E-state index contributed by atoms with van der Waals surface area (Å²) in [6, 6.07) is 8.09. The summed E-state index contributed by atoms with van der Waals surface area (Å²) >= 11 is 6.01. The zero-order valence-electron chi connectivity index (χ0n) is 13.1. The van der Waals surface area contributed by atoms with E-state index in [4.69, 9.17) is 16.0 Å². The van der Waals surface area contributed by atoms with Crippen LogP contribution in [0, 0.1) is 6.92 Å². The molecule has 0 saturated carbocycles. The second-order valence-corrected chi connectivity index (χ2v) is 7.87. The van der Waals surface area contributed by atoms with Gasteiger partial charge in [-0.1, -0.05) is 23.7 Å². The van der Waals surface area contributed by atoms with Crippen molar-refractivity contribution in [2.24, 2.45) is 0 Å². The highest BCUT2D eigenvalue weighted by atomic mass is 35.5. The third-order valence-corrected chi connectivity index (χ3v) is 6.44. The summed E-state index contributed by atoms with van der Waals surface area (Å²) in [5.41, 5.74) is 0.770. The molecule has 24 heavy (non-hydrogen) atoms. The van der Waals surface area contributed by atoms with Crippen LogP contribution >= 0.6 is 11.6 Å². The Morgan fingerprint density at radius 1 is 1.12 bits per heavy atom. The molecule has 1 fully saturated rings. The van der Waals surface area contributed by atoms with Crippen molar-refractivity contribution in [3.05, 3.63) is 52.9 Å². The Kier molecular flexibility index (Phi) is 4.67. The first-order valence-corrected chi connectivity index (χ1v) is 9.31. The van der Waals surface area contributed by atoms with Crippen LogP contribution in [0.25, 0.3) is 0 Å². The van der Waals surface area contributed by atoms with E-state index in [1.807, 2.05) is 0 Å². The van der Waals surface area contributed by atoms with Crippen LogP contribution in [0.2, 0.25) is 5.02 Å². The van der Waals surface area contributed by atoms with Gasteiger partial charge >= 0.3 is 0 Å². The van der Waals surface area contributed by atoms with Gasteiger partial charge in [-0.25, -0.2) is 8.42 Å². The van der Waals surface area contributed by atoms with Crippen LogP contribution in [-0.2, 0) is 10.0 Å². The fourth-order valence-electron chi connectivity index (χ4n) is 2.66. The lowest BCUT2D eigenvalue weighted by Crippen LogP contribution is -2.50. The summed E-state index contributed by atoms with van der Waals surface area (Å²) in [4.78, 5) is 14.1. The summed E-state index contributed by atoms with van der Waals surface area (Å²) in [5.74, 6) is 0.0877. The van der Waals surface area contributed by atoms with E-state index in [-0.39, 0.29) is 28.9 Å². The van der Waals surface area contributed by atoms with Gasteiger partial charge in [-0.2, -0.15) is 4.31 Å². The van der Waals surface area contributed by atoms with E-state index in [2.05, 4.69) is 0 Å². The van der Waals surface area contributed by atoms with Gasteiger partial charge in [0.2, 0.25) is 10.0 Å². The first kappa shape index (κ1) is 17.0. The molecule has 1 aromatic carbocycles. The lowest BCUT2D eigenvalue weighted by atomic mass is 10.2. The molecule has 0 N–H and O–H groups in total. The zero-order valence-corrected chi connectivity index (χ0v) is 14.7. The molecule has 0 spiro atoms. The quantitative estimate of drug-likeness (QED) is 0.834. The van der Waals surface area contributed by atoms with Crippen molar-refractivity contribution in [1.29, 1.82) is 0 Å². The topological polar surface area (TPSA) is 70.8 Å². The number of carbonyl (C=O) groups is 1. The average Bonchev–Trinajstić information content (AvgIpc) is 3.00.